The highest BCUT2D eigenvalue weighted by molar-refractivity contribution is 6.30. The van der Waals surface area contributed by atoms with Gasteiger partial charge in [-0.15, -0.1) is 0 Å². The van der Waals surface area contributed by atoms with Crippen molar-refractivity contribution in [1.82, 2.24) is 15.1 Å². The van der Waals surface area contributed by atoms with Crippen LogP contribution in [0.1, 0.15) is 61.3 Å². The van der Waals surface area contributed by atoms with E-state index in [4.69, 9.17) is 17.3 Å². The SMILES string of the molecule is N#CC1CC(C(=O)NC(C2CC2)C2CC2)CCC1n1cc(C(N)=O)c(Nc2ccc(Cl)cc2)n1. The van der Waals surface area contributed by atoms with Crippen LogP contribution in [-0.2, 0) is 4.79 Å². The smallest absolute Gasteiger partial charge is 0.254 e. The van der Waals surface area contributed by atoms with Crippen molar-refractivity contribution >= 4 is 34.9 Å². The summed E-state index contributed by atoms with van der Waals surface area (Å²) in [7, 11) is 0. The second-order valence-electron chi connectivity index (χ2n) is 9.89. The van der Waals surface area contributed by atoms with Crippen molar-refractivity contribution in [1.29, 1.82) is 5.26 Å². The van der Waals surface area contributed by atoms with E-state index in [2.05, 4.69) is 21.8 Å². The van der Waals surface area contributed by atoms with Crippen molar-refractivity contribution in [2.24, 2.45) is 29.4 Å². The monoisotopic (exact) mass is 480 g/mol. The van der Waals surface area contributed by atoms with Crippen molar-refractivity contribution in [2.45, 2.75) is 57.0 Å². The van der Waals surface area contributed by atoms with Gasteiger partial charge in [0.2, 0.25) is 5.91 Å². The molecule has 2 aromatic rings. The van der Waals surface area contributed by atoms with Crippen LogP contribution < -0.4 is 16.4 Å². The number of aromatic nitrogens is 2. The lowest BCUT2D eigenvalue weighted by Crippen LogP contribution is -2.43. The van der Waals surface area contributed by atoms with Crippen LogP contribution in [0.2, 0.25) is 5.02 Å². The Morgan fingerprint density at radius 2 is 1.79 bits per heavy atom. The highest BCUT2D eigenvalue weighted by atomic mass is 35.5. The first-order chi connectivity index (χ1) is 16.4. The summed E-state index contributed by atoms with van der Waals surface area (Å²) in [6, 6.07) is 9.51. The number of nitrogens with two attached hydrogens (primary N) is 1. The molecule has 1 heterocycles. The Balaban J connectivity index is 1.29. The van der Waals surface area contributed by atoms with Gasteiger partial charge < -0.3 is 16.4 Å². The molecule has 3 aliphatic rings. The van der Waals surface area contributed by atoms with Crippen molar-refractivity contribution in [3.8, 4) is 6.07 Å². The second kappa shape index (κ2) is 9.30. The third-order valence-corrected chi connectivity index (χ3v) is 7.62. The standard InChI is InChI=1S/C25H29ClN6O2/c26-18-6-8-19(9-7-18)29-24-20(23(28)33)13-32(31-24)21-10-5-16(11-17(21)12-27)25(34)30-22(14-1-2-14)15-3-4-15/h6-9,13-17,21-22H,1-5,10-11H2,(H2,28,33)(H,29,31)(H,30,34). The Labute approximate surface area is 203 Å². The van der Waals surface area contributed by atoms with Crippen LogP contribution >= 0.6 is 11.6 Å². The first-order valence-corrected chi connectivity index (χ1v) is 12.4. The molecular formula is C25H29ClN6O2. The van der Waals surface area contributed by atoms with E-state index in [9.17, 15) is 14.9 Å². The molecule has 0 spiro atoms. The molecule has 1 aromatic heterocycles. The molecule has 3 fully saturated rings. The number of carbonyl (C=O) groups excluding carboxylic acids is 2. The van der Waals surface area contributed by atoms with E-state index in [1.807, 2.05) is 0 Å². The van der Waals surface area contributed by atoms with Crippen LogP contribution in [0.4, 0.5) is 11.5 Å². The van der Waals surface area contributed by atoms with Crippen molar-refractivity contribution in [3.05, 3.63) is 41.0 Å². The number of amides is 2. The highest BCUT2D eigenvalue weighted by Gasteiger charge is 2.44. The van der Waals surface area contributed by atoms with Gasteiger partial charge in [0.05, 0.1) is 18.0 Å². The number of rotatable bonds is 8. The first-order valence-electron chi connectivity index (χ1n) is 12.0. The molecule has 0 saturated heterocycles. The number of hydrogen-bond acceptors (Lipinski definition) is 5. The Morgan fingerprint density at radius 1 is 1.12 bits per heavy atom. The summed E-state index contributed by atoms with van der Waals surface area (Å²) in [6.45, 7) is 0. The second-order valence-corrected chi connectivity index (χ2v) is 10.3. The number of nitriles is 1. The minimum absolute atomic E-state index is 0.0888. The normalized spacial score (nSPS) is 24.4. The third kappa shape index (κ3) is 4.90. The number of nitrogens with zero attached hydrogens (tertiary/aromatic N) is 3. The first kappa shape index (κ1) is 22.7. The molecule has 34 heavy (non-hydrogen) atoms. The van der Waals surface area contributed by atoms with Gasteiger partial charge in [-0.25, -0.2) is 0 Å². The van der Waals surface area contributed by atoms with Gasteiger partial charge in [-0.05, 0) is 81.0 Å². The lowest BCUT2D eigenvalue weighted by atomic mass is 9.78. The van der Waals surface area contributed by atoms with Crippen LogP contribution in [-0.4, -0.2) is 27.6 Å². The molecular weight excluding hydrogens is 452 g/mol. The summed E-state index contributed by atoms with van der Waals surface area (Å²) in [5, 5.41) is 21.5. The largest absolute Gasteiger partial charge is 0.365 e. The summed E-state index contributed by atoms with van der Waals surface area (Å²) in [5.41, 5.74) is 6.57. The van der Waals surface area contributed by atoms with Crippen molar-refractivity contribution in [3.63, 3.8) is 0 Å². The zero-order valence-corrected chi connectivity index (χ0v) is 19.7. The fourth-order valence-corrected chi connectivity index (χ4v) is 5.29. The maximum Gasteiger partial charge on any atom is 0.254 e. The minimum atomic E-state index is -0.601. The number of carbonyl (C=O) groups is 2. The fourth-order valence-electron chi connectivity index (χ4n) is 5.17. The number of benzene rings is 1. The molecule has 8 nitrogen and oxygen atoms in total. The summed E-state index contributed by atoms with van der Waals surface area (Å²) < 4.78 is 1.66. The van der Waals surface area contributed by atoms with E-state index in [-0.39, 0.29) is 29.3 Å². The van der Waals surface area contributed by atoms with Crippen LogP contribution in [0, 0.1) is 35.0 Å². The van der Waals surface area contributed by atoms with E-state index in [0.717, 1.165) is 5.69 Å². The number of halogens is 1. The van der Waals surface area contributed by atoms with Gasteiger partial charge in [-0.2, -0.15) is 10.4 Å². The summed E-state index contributed by atoms with van der Waals surface area (Å²) in [6.07, 6.45) is 8.25. The van der Waals surface area contributed by atoms with Crippen LogP contribution in [0.15, 0.2) is 30.5 Å². The summed E-state index contributed by atoms with van der Waals surface area (Å²) in [4.78, 5) is 25.1. The molecule has 3 aliphatic carbocycles. The average molecular weight is 481 g/mol. The maximum atomic E-state index is 13.0. The molecule has 1 aromatic carbocycles. The molecule has 5 rings (SSSR count). The van der Waals surface area contributed by atoms with Crippen molar-refractivity contribution in [2.75, 3.05) is 5.32 Å². The fraction of sp³-hybridized carbons (Fsp3) is 0.520. The third-order valence-electron chi connectivity index (χ3n) is 7.36. The van der Waals surface area contributed by atoms with Crippen LogP contribution in [0.25, 0.3) is 0 Å². The van der Waals surface area contributed by atoms with Crippen LogP contribution in [0.5, 0.6) is 0 Å². The van der Waals surface area contributed by atoms with E-state index in [0.29, 0.717) is 48.0 Å². The van der Waals surface area contributed by atoms with Crippen LogP contribution in [0.3, 0.4) is 0 Å². The summed E-state index contributed by atoms with van der Waals surface area (Å²) in [5.74, 6) is 0.557. The van der Waals surface area contributed by atoms with E-state index < -0.39 is 5.91 Å². The molecule has 178 valence electrons. The summed E-state index contributed by atoms with van der Waals surface area (Å²) >= 11 is 5.95. The lowest BCUT2D eigenvalue weighted by Gasteiger charge is -2.33. The molecule has 3 saturated carbocycles. The molecule has 2 amide bonds. The minimum Gasteiger partial charge on any atom is -0.365 e. The van der Waals surface area contributed by atoms with Gasteiger partial charge in [-0.1, -0.05) is 11.6 Å². The van der Waals surface area contributed by atoms with Gasteiger partial charge in [0.25, 0.3) is 5.91 Å². The zero-order valence-electron chi connectivity index (χ0n) is 18.9. The molecule has 9 heteroatoms. The Bertz CT molecular complexity index is 1100. The lowest BCUT2D eigenvalue weighted by molar-refractivity contribution is -0.127. The average Bonchev–Trinajstić information content (AvgIpc) is 3.76. The van der Waals surface area contributed by atoms with Gasteiger partial charge >= 0.3 is 0 Å². The number of primary amides is 1. The number of anilines is 2. The van der Waals surface area contributed by atoms with Gasteiger partial charge in [0.15, 0.2) is 5.82 Å². The molecule has 0 radical (unpaired) electrons. The molecule has 0 bridgehead atoms. The Morgan fingerprint density at radius 3 is 2.38 bits per heavy atom. The molecule has 0 aliphatic heterocycles. The zero-order chi connectivity index (χ0) is 23.8. The Kier molecular flexibility index (Phi) is 6.22. The number of hydrogen-bond donors (Lipinski definition) is 3. The quantitative estimate of drug-likeness (QED) is 0.522. The van der Waals surface area contributed by atoms with E-state index in [1.54, 1.807) is 35.1 Å². The number of nitrogens with one attached hydrogen (secondary N) is 2. The van der Waals surface area contributed by atoms with E-state index in [1.165, 1.54) is 25.7 Å². The van der Waals surface area contributed by atoms with Crippen molar-refractivity contribution < 1.29 is 9.59 Å². The highest BCUT2D eigenvalue weighted by Crippen LogP contribution is 2.45. The predicted octanol–water partition coefficient (Wildman–Crippen LogP) is 4.16. The topological polar surface area (TPSA) is 126 Å². The maximum absolute atomic E-state index is 13.0. The molecule has 4 N–H and O–H groups in total. The van der Waals surface area contributed by atoms with Gasteiger partial charge in [-0.3, -0.25) is 14.3 Å². The van der Waals surface area contributed by atoms with Gasteiger partial charge in [0.1, 0.15) is 5.56 Å². The predicted molar refractivity (Wildman–Crippen MR) is 128 cm³/mol. The Hall–Kier alpha value is -3.05. The van der Waals surface area contributed by atoms with E-state index >= 15 is 0 Å². The molecule has 3 unspecified atom stereocenters. The van der Waals surface area contributed by atoms with Gasteiger partial charge in [0, 0.05) is 28.9 Å². The molecule has 3 atom stereocenters.